The van der Waals surface area contributed by atoms with Crippen LogP contribution in [0.3, 0.4) is 0 Å². The first-order valence-corrected chi connectivity index (χ1v) is 7.33. The molecule has 0 saturated carbocycles. The Morgan fingerprint density at radius 3 is 2.26 bits per heavy atom. The minimum Gasteiger partial charge on any atom is -0.383 e. The Bertz CT molecular complexity index is 337. The van der Waals surface area contributed by atoms with Crippen molar-refractivity contribution >= 4 is 0 Å². The Morgan fingerprint density at radius 2 is 1.68 bits per heavy atom. The number of hydrogen-bond donors (Lipinski definition) is 1. The van der Waals surface area contributed by atoms with Crippen molar-refractivity contribution < 1.29 is 4.74 Å². The summed E-state index contributed by atoms with van der Waals surface area (Å²) < 4.78 is 4.99. The second kappa shape index (κ2) is 8.34. The molecule has 0 atom stereocenters. The smallest absolute Gasteiger partial charge is 0.0587 e. The van der Waals surface area contributed by atoms with Crippen LogP contribution < -0.4 is 5.32 Å². The zero-order chi connectivity index (χ0) is 14.1. The van der Waals surface area contributed by atoms with E-state index in [2.05, 4.69) is 50.4 Å². The standard InChI is InChI=1S/C17H29NO/c1-17(2,3)16-10-8-15(9-11-16)7-5-6-12-18-13-14-19-4/h8-11,18H,5-7,12-14H2,1-4H3. The van der Waals surface area contributed by atoms with Gasteiger partial charge in [0, 0.05) is 13.7 Å². The third kappa shape index (κ3) is 6.74. The summed E-state index contributed by atoms with van der Waals surface area (Å²) >= 11 is 0. The van der Waals surface area contributed by atoms with Crippen LogP contribution in [0.4, 0.5) is 0 Å². The molecule has 0 amide bonds. The van der Waals surface area contributed by atoms with Crippen LogP contribution in [0.5, 0.6) is 0 Å². The van der Waals surface area contributed by atoms with Gasteiger partial charge in [0.05, 0.1) is 6.61 Å². The SMILES string of the molecule is COCCNCCCCc1ccc(C(C)(C)C)cc1. The zero-order valence-electron chi connectivity index (χ0n) is 13.0. The fourth-order valence-electron chi connectivity index (χ4n) is 2.05. The van der Waals surface area contributed by atoms with Crippen LogP contribution in [0.2, 0.25) is 0 Å². The van der Waals surface area contributed by atoms with Gasteiger partial charge in [-0.25, -0.2) is 0 Å². The molecule has 19 heavy (non-hydrogen) atoms. The highest BCUT2D eigenvalue weighted by atomic mass is 16.5. The molecule has 0 aliphatic rings. The van der Waals surface area contributed by atoms with Crippen LogP contribution in [0.1, 0.15) is 44.7 Å². The molecule has 0 bridgehead atoms. The highest BCUT2D eigenvalue weighted by Gasteiger charge is 2.12. The van der Waals surface area contributed by atoms with Gasteiger partial charge in [-0.15, -0.1) is 0 Å². The van der Waals surface area contributed by atoms with Gasteiger partial charge >= 0.3 is 0 Å². The molecule has 1 aromatic carbocycles. The molecule has 108 valence electrons. The highest BCUT2D eigenvalue weighted by Crippen LogP contribution is 2.22. The fourth-order valence-corrected chi connectivity index (χ4v) is 2.05. The van der Waals surface area contributed by atoms with E-state index < -0.39 is 0 Å². The Morgan fingerprint density at radius 1 is 1.00 bits per heavy atom. The molecule has 2 heteroatoms. The van der Waals surface area contributed by atoms with Gasteiger partial charge < -0.3 is 10.1 Å². The maximum atomic E-state index is 4.99. The lowest BCUT2D eigenvalue weighted by molar-refractivity contribution is 0.199. The van der Waals surface area contributed by atoms with Gasteiger partial charge in [0.1, 0.15) is 0 Å². The molecular formula is C17H29NO. The minimum atomic E-state index is 0.254. The molecule has 1 aromatic rings. The number of ether oxygens (including phenoxy) is 1. The van der Waals surface area contributed by atoms with E-state index in [0.717, 1.165) is 19.7 Å². The Balaban J connectivity index is 2.20. The lowest BCUT2D eigenvalue weighted by Crippen LogP contribution is -2.20. The fraction of sp³-hybridized carbons (Fsp3) is 0.647. The van der Waals surface area contributed by atoms with Crippen molar-refractivity contribution in [2.75, 3.05) is 26.8 Å². The van der Waals surface area contributed by atoms with Crippen LogP contribution >= 0.6 is 0 Å². The lowest BCUT2D eigenvalue weighted by Gasteiger charge is -2.19. The number of methoxy groups -OCH3 is 1. The molecule has 0 fully saturated rings. The largest absolute Gasteiger partial charge is 0.383 e. The molecule has 0 heterocycles. The van der Waals surface area contributed by atoms with E-state index in [0.29, 0.717) is 0 Å². The highest BCUT2D eigenvalue weighted by molar-refractivity contribution is 5.27. The predicted octanol–water partition coefficient (Wildman–Crippen LogP) is 3.54. The van der Waals surface area contributed by atoms with Crippen molar-refractivity contribution in [1.82, 2.24) is 5.32 Å². The monoisotopic (exact) mass is 263 g/mol. The van der Waals surface area contributed by atoms with Gasteiger partial charge in [-0.05, 0) is 42.3 Å². The van der Waals surface area contributed by atoms with E-state index in [1.807, 2.05) is 0 Å². The zero-order valence-corrected chi connectivity index (χ0v) is 13.0. The number of aryl methyl sites for hydroxylation is 1. The number of nitrogens with one attached hydrogen (secondary N) is 1. The maximum absolute atomic E-state index is 4.99. The Hall–Kier alpha value is -0.860. The van der Waals surface area contributed by atoms with Crippen LogP contribution in [-0.2, 0) is 16.6 Å². The normalized spacial score (nSPS) is 11.8. The Kier molecular flexibility index (Phi) is 7.11. The number of unbranched alkanes of at least 4 members (excludes halogenated alkanes) is 1. The molecule has 2 nitrogen and oxygen atoms in total. The number of hydrogen-bond acceptors (Lipinski definition) is 2. The van der Waals surface area contributed by atoms with Crippen LogP contribution in [0.15, 0.2) is 24.3 Å². The molecule has 0 aromatic heterocycles. The summed E-state index contributed by atoms with van der Waals surface area (Å²) in [7, 11) is 1.74. The summed E-state index contributed by atoms with van der Waals surface area (Å²) in [6.07, 6.45) is 3.65. The summed E-state index contributed by atoms with van der Waals surface area (Å²) in [6.45, 7) is 9.61. The first-order valence-electron chi connectivity index (χ1n) is 7.33. The molecule has 0 saturated heterocycles. The van der Waals surface area contributed by atoms with E-state index in [1.54, 1.807) is 7.11 Å². The molecule has 0 spiro atoms. The molecule has 0 unspecified atom stereocenters. The third-order valence-electron chi connectivity index (χ3n) is 3.37. The summed E-state index contributed by atoms with van der Waals surface area (Å²) in [6, 6.07) is 9.09. The van der Waals surface area contributed by atoms with Crippen molar-refractivity contribution in [3.8, 4) is 0 Å². The van der Waals surface area contributed by atoms with E-state index in [4.69, 9.17) is 4.74 Å². The van der Waals surface area contributed by atoms with Gasteiger partial charge in [-0.2, -0.15) is 0 Å². The van der Waals surface area contributed by atoms with Crippen LogP contribution in [0.25, 0.3) is 0 Å². The van der Waals surface area contributed by atoms with Gasteiger partial charge in [0.15, 0.2) is 0 Å². The summed E-state index contributed by atoms with van der Waals surface area (Å²) in [5.41, 5.74) is 3.12. The predicted molar refractivity (Wildman–Crippen MR) is 82.8 cm³/mol. The average molecular weight is 263 g/mol. The maximum Gasteiger partial charge on any atom is 0.0587 e. The quantitative estimate of drug-likeness (QED) is 0.724. The summed E-state index contributed by atoms with van der Waals surface area (Å²) in [4.78, 5) is 0. The van der Waals surface area contributed by atoms with Crippen molar-refractivity contribution in [2.24, 2.45) is 0 Å². The van der Waals surface area contributed by atoms with Gasteiger partial charge in [-0.1, -0.05) is 45.0 Å². The van der Waals surface area contributed by atoms with Crippen molar-refractivity contribution in [2.45, 2.75) is 45.4 Å². The molecule has 0 aliphatic carbocycles. The first kappa shape index (κ1) is 16.2. The van der Waals surface area contributed by atoms with E-state index in [1.165, 1.54) is 30.4 Å². The molecule has 1 N–H and O–H groups in total. The van der Waals surface area contributed by atoms with E-state index >= 15 is 0 Å². The van der Waals surface area contributed by atoms with E-state index in [-0.39, 0.29) is 5.41 Å². The lowest BCUT2D eigenvalue weighted by atomic mass is 9.86. The second-order valence-corrected chi connectivity index (χ2v) is 6.15. The van der Waals surface area contributed by atoms with Crippen LogP contribution in [0, 0.1) is 0 Å². The summed E-state index contributed by atoms with van der Waals surface area (Å²) in [5, 5.41) is 3.38. The minimum absolute atomic E-state index is 0.254. The molecular weight excluding hydrogens is 234 g/mol. The van der Waals surface area contributed by atoms with E-state index in [9.17, 15) is 0 Å². The topological polar surface area (TPSA) is 21.3 Å². The third-order valence-corrected chi connectivity index (χ3v) is 3.37. The Labute approximate surface area is 118 Å². The van der Waals surface area contributed by atoms with Gasteiger partial charge in [0.2, 0.25) is 0 Å². The van der Waals surface area contributed by atoms with Crippen molar-refractivity contribution in [1.29, 1.82) is 0 Å². The molecule has 0 aliphatic heterocycles. The van der Waals surface area contributed by atoms with Crippen LogP contribution in [-0.4, -0.2) is 26.8 Å². The second-order valence-electron chi connectivity index (χ2n) is 6.15. The molecule has 1 rings (SSSR count). The first-order chi connectivity index (χ1) is 9.04. The summed E-state index contributed by atoms with van der Waals surface area (Å²) in [5.74, 6) is 0. The van der Waals surface area contributed by atoms with Crippen molar-refractivity contribution in [3.63, 3.8) is 0 Å². The van der Waals surface area contributed by atoms with Gasteiger partial charge in [-0.3, -0.25) is 0 Å². The molecule has 0 radical (unpaired) electrons. The number of rotatable bonds is 8. The average Bonchev–Trinajstić information content (AvgIpc) is 2.37. The van der Waals surface area contributed by atoms with Crippen molar-refractivity contribution in [3.05, 3.63) is 35.4 Å². The number of benzene rings is 1. The van der Waals surface area contributed by atoms with Gasteiger partial charge in [0.25, 0.3) is 0 Å².